The van der Waals surface area contributed by atoms with Gasteiger partial charge >= 0.3 is 11.7 Å². The minimum Gasteiger partial charge on any atom is -0.477 e. The highest BCUT2D eigenvalue weighted by molar-refractivity contribution is 5.95. The van der Waals surface area contributed by atoms with Crippen molar-refractivity contribution in [3.63, 3.8) is 0 Å². The molecule has 7 heteroatoms. The minimum atomic E-state index is -1.30. The number of hydrogen-bond acceptors (Lipinski definition) is 5. The number of nitrogens with one attached hydrogen (secondary N) is 1. The van der Waals surface area contributed by atoms with Crippen molar-refractivity contribution in [3.8, 4) is 0 Å². The number of benzene rings is 1. The third kappa shape index (κ3) is 3.49. The number of aromatic carboxylic acids is 1. The molecule has 0 radical (unpaired) electrons. The van der Waals surface area contributed by atoms with Gasteiger partial charge in [0.1, 0.15) is 11.3 Å². The molecular weight excluding hydrogens is 276 g/mol. The van der Waals surface area contributed by atoms with E-state index in [1.807, 2.05) is 0 Å². The summed E-state index contributed by atoms with van der Waals surface area (Å²) >= 11 is 0. The Morgan fingerprint density at radius 1 is 1.48 bits per heavy atom. The van der Waals surface area contributed by atoms with Crippen LogP contribution in [0.3, 0.4) is 0 Å². The molecule has 1 aliphatic rings. The molecule has 0 aromatic heterocycles. The van der Waals surface area contributed by atoms with Gasteiger partial charge in [0, 0.05) is 19.8 Å². The Morgan fingerprint density at radius 3 is 2.71 bits per heavy atom. The molecule has 2 rings (SSSR count). The van der Waals surface area contributed by atoms with Crippen LogP contribution in [0.1, 0.15) is 30.1 Å². The maximum absolute atomic E-state index is 11.2. The van der Waals surface area contributed by atoms with E-state index in [1.165, 1.54) is 18.2 Å². The Morgan fingerprint density at radius 2 is 2.14 bits per heavy atom. The first-order valence-electron chi connectivity index (χ1n) is 6.75. The Labute approximate surface area is 122 Å². The highest BCUT2D eigenvalue weighted by Gasteiger charge is 2.29. The van der Waals surface area contributed by atoms with Gasteiger partial charge in [-0.25, -0.2) is 4.79 Å². The lowest BCUT2D eigenvalue weighted by Gasteiger charge is -2.33. The molecule has 2 N–H and O–H groups in total. The summed E-state index contributed by atoms with van der Waals surface area (Å²) in [5, 5.41) is 23.3. The van der Waals surface area contributed by atoms with Gasteiger partial charge in [-0.15, -0.1) is 0 Å². The van der Waals surface area contributed by atoms with Crippen LogP contribution in [0.4, 0.5) is 11.4 Å². The van der Waals surface area contributed by atoms with Gasteiger partial charge in [0.05, 0.1) is 4.92 Å². The van der Waals surface area contributed by atoms with E-state index in [0.29, 0.717) is 19.8 Å². The fourth-order valence-corrected chi connectivity index (χ4v) is 2.41. The van der Waals surface area contributed by atoms with Gasteiger partial charge in [0.25, 0.3) is 0 Å². The zero-order valence-corrected chi connectivity index (χ0v) is 11.8. The zero-order valence-electron chi connectivity index (χ0n) is 11.8. The molecule has 0 atom stereocenters. The fourth-order valence-electron chi connectivity index (χ4n) is 2.41. The van der Waals surface area contributed by atoms with Crippen LogP contribution in [0.25, 0.3) is 0 Å². The van der Waals surface area contributed by atoms with E-state index in [9.17, 15) is 14.9 Å². The van der Waals surface area contributed by atoms with Crippen LogP contribution in [-0.4, -0.2) is 35.8 Å². The van der Waals surface area contributed by atoms with Crippen LogP contribution in [0.2, 0.25) is 0 Å². The number of carboxylic acid groups (broad SMARTS) is 1. The average molecular weight is 294 g/mol. The van der Waals surface area contributed by atoms with E-state index in [4.69, 9.17) is 9.84 Å². The van der Waals surface area contributed by atoms with Crippen molar-refractivity contribution in [2.75, 3.05) is 25.1 Å². The average Bonchev–Trinajstić information content (AvgIpc) is 2.45. The molecule has 21 heavy (non-hydrogen) atoms. The van der Waals surface area contributed by atoms with E-state index in [2.05, 4.69) is 12.2 Å². The summed E-state index contributed by atoms with van der Waals surface area (Å²) in [6, 6.07) is 4.28. The van der Waals surface area contributed by atoms with Gasteiger partial charge < -0.3 is 15.2 Å². The summed E-state index contributed by atoms with van der Waals surface area (Å²) in [4.78, 5) is 21.6. The van der Waals surface area contributed by atoms with E-state index in [0.717, 1.165) is 12.8 Å². The predicted octanol–water partition coefficient (Wildman–Crippen LogP) is 2.52. The van der Waals surface area contributed by atoms with Gasteiger partial charge in [0.15, 0.2) is 0 Å². The Bertz CT molecular complexity index is 552. The highest BCUT2D eigenvalue weighted by atomic mass is 16.6. The second kappa shape index (κ2) is 6.09. The van der Waals surface area contributed by atoms with Crippen LogP contribution >= 0.6 is 0 Å². The van der Waals surface area contributed by atoms with Gasteiger partial charge in [-0.2, -0.15) is 0 Å². The Balaban J connectivity index is 2.21. The second-order valence-corrected chi connectivity index (χ2v) is 5.54. The lowest BCUT2D eigenvalue weighted by molar-refractivity contribution is -0.384. The third-order valence-electron chi connectivity index (χ3n) is 3.85. The first-order valence-corrected chi connectivity index (χ1v) is 6.75. The molecular formula is C14H18N2O5. The SMILES string of the molecule is CC1(CNc2cccc(C(=O)O)c2[N+](=O)[O-])CCOCC1. The summed E-state index contributed by atoms with van der Waals surface area (Å²) < 4.78 is 5.32. The highest BCUT2D eigenvalue weighted by Crippen LogP contribution is 2.33. The Hall–Kier alpha value is -2.15. The number of para-hydroxylation sites is 1. The van der Waals surface area contributed by atoms with Crippen LogP contribution in [0.15, 0.2) is 18.2 Å². The van der Waals surface area contributed by atoms with Gasteiger partial charge in [-0.1, -0.05) is 13.0 Å². The smallest absolute Gasteiger partial charge is 0.342 e. The van der Waals surface area contributed by atoms with E-state index >= 15 is 0 Å². The monoisotopic (exact) mass is 294 g/mol. The minimum absolute atomic E-state index is 0.00858. The van der Waals surface area contributed by atoms with Gasteiger partial charge in [-0.3, -0.25) is 10.1 Å². The second-order valence-electron chi connectivity index (χ2n) is 5.54. The molecule has 0 spiro atoms. The molecule has 0 amide bonds. The number of ether oxygens (including phenoxy) is 1. The first-order chi connectivity index (χ1) is 9.93. The maximum atomic E-state index is 11.2. The van der Waals surface area contributed by atoms with Crippen molar-refractivity contribution < 1.29 is 19.6 Å². The molecule has 1 saturated heterocycles. The summed E-state index contributed by atoms with van der Waals surface area (Å²) in [7, 11) is 0. The number of carbonyl (C=O) groups is 1. The number of nitro groups is 1. The zero-order chi connectivity index (χ0) is 15.5. The molecule has 0 aliphatic carbocycles. The van der Waals surface area contributed by atoms with Crippen molar-refractivity contribution in [1.82, 2.24) is 0 Å². The molecule has 1 fully saturated rings. The van der Waals surface area contributed by atoms with Crippen LogP contribution < -0.4 is 5.32 Å². The van der Waals surface area contributed by atoms with Crippen LogP contribution in [0.5, 0.6) is 0 Å². The van der Waals surface area contributed by atoms with Gasteiger partial charge in [0.2, 0.25) is 0 Å². The number of carboxylic acids is 1. The number of nitrogens with zero attached hydrogens (tertiary/aromatic N) is 1. The van der Waals surface area contributed by atoms with Crippen molar-refractivity contribution >= 4 is 17.3 Å². The molecule has 1 aliphatic heterocycles. The fraction of sp³-hybridized carbons (Fsp3) is 0.500. The normalized spacial score (nSPS) is 17.2. The summed E-state index contributed by atoms with van der Waals surface area (Å²) in [5.41, 5.74) is -0.457. The van der Waals surface area contributed by atoms with Crippen LogP contribution in [-0.2, 0) is 4.74 Å². The number of hydrogen-bond donors (Lipinski definition) is 2. The van der Waals surface area contributed by atoms with Crippen LogP contribution in [0, 0.1) is 15.5 Å². The van der Waals surface area contributed by atoms with E-state index in [-0.39, 0.29) is 22.4 Å². The molecule has 1 aromatic rings. The topological polar surface area (TPSA) is 102 Å². The molecule has 1 aromatic carbocycles. The molecule has 1 heterocycles. The van der Waals surface area contributed by atoms with Crippen molar-refractivity contribution in [2.24, 2.45) is 5.41 Å². The molecule has 114 valence electrons. The largest absolute Gasteiger partial charge is 0.477 e. The predicted molar refractivity (Wildman–Crippen MR) is 76.7 cm³/mol. The van der Waals surface area contributed by atoms with Crippen molar-refractivity contribution in [1.29, 1.82) is 0 Å². The van der Waals surface area contributed by atoms with Crippen molar-refractivity contribution in [2.45, 2.75) is 19.8 Å². The quantitative estimate of drug-likeness (QED) is 0.639. The molecule has 0 bridgehead atoms. The van der Waals surface area contributed by atoms with E-state index in [1.54, 1.807) is 0 Å². The summed E-state index contributed by atoms with van der Waals surface area (Å²) in [6.45, 7) is 3.99. The molecule has 0 unspecified atom stereocenters. The number of nitro benzene ring substituents is 1. The number of anilines is 1. The summed E-state index contributed by atoms with van der Waals surface area (Å²) in [6.07, 6.45) is 1.73. The Kier molecular flexibility index (Phi) is 4.42. The number of rotatable bonds is 5. The maximum Gasteiger partial charge on any atom is 0.342 e. The van der Waals surface area contributed by atoms with Gasteiger partial charge in [-0.05, 0) is 30.4 Å². The van der Waals surface area contributed by atoms with E-state index < -0.39 is 10.9 Å². The van der Waals surface area contributed by atoms with Crippen molar-refractivity contribution in [3.05, 3.63) is 33.9 Å². The molecule has 0 saturated carbocycles. The third-order valence-corrected chi connectivity index (χ3v) is 3.85. The first kappa shape index (κ1) is 15.2. The molecule has 7 nitrogen and oxygen atoms in total. The lowest BCUT2D eigenvalue weighted by atomic mass is 9.82. The standard InChI is InChI=1S/C14H18N2O5/c1-14(5-7-21-8-6-14)9-15-11-4-2-3-10(13(17)18)12(11)16(19)20/h2-4,15H,5-9H2,1H3,(H,17,18). The summed E-state index contributed by atoms with van der Waals surface area (Å²) in [5.74, 6) is -1.30. The lowest BCUT2D eigenvalue weighted by Crippen LogP contribution is -2.33.